The van der Waals surface area contributed by atoms with Gasteiger partial charge in [-0.2, -0.15) is 0 Å². The Morgan fingerprint density at radius 2 is 1.89 bits per heavy atom. The minimum atomic E-state index is -1.05. The quantitative estimate of drug-likeness (QED) is 0.316. The van der Waals surface area contributed by atoms with Crippen molar-refractivity contribution in [1.29, 1.82) is 0 Å². The molecule has 8 nitrogen and oxygen atoms in total. The van der Waals surface area contributed by atoms with E-state index in [4.69, 9.17) is 41.9 Å². The standard InChI is InChI=1S/C26H27Cl2N3O5/c1-26(33,14-31-9-7-16(8-10-31)17-5-6-19(27)20(28)11-17)15-34-21-3-2-4-22-18(21)12-23(35-22)25-30-29-24(13-32)36-25/h2-6,11-12,16,32-33H,7-10,13-15H2,1H3/t26-/m0/s1. The number of fused-ring (bicyclic) bond motifs is 1. The molecule has 10 heteroatoms. The first kappa shape index (κ1) is 25.0. The van der Waals surface area contributed by atoms with Crippen molar-refractivity contribution in [2.75, 3.05) is 26.2 Å². The van der Waals surface area contributed by atoms with Crippen molar-refractivity contribution < 1.29 is 23.8 Å². The molecule has 2 aromatic heterocycles. The molecule has 36 heavy (non-hydrogen) atoms. The molecule has 0 spiro atoms. The molecular weight excluding hydrogens is 505 g/mol. The van der Waals surface area contributed by atoms with Gasteiger partial charge >= 0.3 is 0 Å². The number of hydrogen-bond acceptors (Lipinski definition) is 8. The largest absolute Gasteiger partial charge is 0.490 e. The number of benzene rings is 2. The van der Waals surface area contributed by atoms with Gasteiger partial charge in [0.25, 0.3) is 5.89 Å². The maximum atomic E-state index is 11.1. The number of halogens is 2. The fraction of sp³-hybridized carbons (Fsp3) is 0.385. The van der Waals surface area contributed by atoms with Crippen molar-refractivity contribution in [2.45, 2.75) is 37.9 Å². The number of nitrogens with zero attached hydrogens (tertiary/aromatic N) is 3. The molecule has 190 valence electrons. The van der Waals surface area contributed by atoms with Crippen LogP contribution >= 0.6 is 23.2 Å². The minimum Gasteiger partial charge on any atom is -0.490 e. The summed E-state index contributed by atoms with van der Waals surface area (Å²) in [4.78, 5) is 2.27. The van der Waals surface area contributed by atoms with Crippen molar-refractivity contribution in [3.63, 3.8) is 0 Å². The highest BCUT2D eigenvalue weighted by Crippen LogP contribution is 2.35. The minimum absolute atomic E-state index is 0.110. The van der Waals surface area contributed by atoms with Crippen molar-refractivity contribution in [1.82, 2.24) is 15.1 Å². The third kappa shape index (κ3) is 5.53. The highest BCUT2D eigenvalue weighted by Gasteiger charge is 2.29. The Hall–Kier alpha value is -2.62. The average Bonchev–Trinajstić information content (AvgIpc) is 3.52. The van der Waals surface area contributed by atoms with Gasteiger partial charge in [-0.05, 0) is 68.6 Å². The lowest BCUT2D eigenvalue weighted by Crippen LogP contribution is -2.47. The van der Waals surface area contributed by atoms with E-state index in [-0.39, 0.29) is 25.0 Å². The molecule has 1 fully saturated rings. The maximum Gasteiger partial charge on any atom is 0.283 e. The van der Waals surface area contributed by atoms with Gasteiger partial charge in [-0.3, -0.25) is 0 Å². The molecule has 0 amide bonds. The molecule has 2 N–H and O–H groups in total. The second-order valence-corrected chi connectivity index (χ2v) is 10.3. The number of ether oxygens (including phenoxy) is 1. The Morgan fingerprint density at radius 3 is 2.61 bits per heavy atom. The van der Waals surface area contributed by atoms with Crippen LogP contribution in [0.4, 0.5) is 0 Å². The number of aliphatic hydroxyl groups excluding tert-OH is 1. The highest BCUT2D eigenvalue weighted by atomic mass is 35.5. The van der Waals surface area contributed by atoms with E-state index in [1.165, 1.54) is 5.56 Å². The smallest absolute Gasteiger partial charge is 0.283 e. The van der Waals surface area contributed by atoms with E-state index in [1.54, 1.807) is 13.0 Å². The molecule has 2 aromatic carbocycles. The molecular formula is C26H27Cl2N3O5. The fourth-order valence-corrected chi connectivity index (χ4v) is 4.94. The van der Waals surface area contributed by atoms with E-state index in [0.717, 1.165) is 31.3 Å². The molecule has 1 aliphatic heterocycles. The summed E-state index contributed by atoms with van der Waals surface area (Å²) in [7, 11) is 0. The molecule has 0 unspecified atom stereocenters. The lowest BCUT2D eigenvalue weighted by molar-refractivity contribution is -0.0217. The van der Waals surface area contributed by atoms with Crippen LogP contribution in [0.25, 0.3) is 22.6 Å². The molecule has 1 saturated heterocycles. The van der Waals surface area contributed by atoms with Crippen LogP contribution in [-0.4, -0.2) is 57.2 Å². The summed E-state index contributed by atoms with van der Waals surface area (Å²) in [5, 5.41) is 29.8. The fourth-order valence-electron chi connectivity index (χ4n) is 4.63. The third-order valence-corrected chi connectivity index (χ3v) is 7.18. The van der Waals surface area contributed by atoms with Crippen LogP contribution in [0.5, 0.6) is 5.75 Å². The van der Waals surface area contributed by atoms with Crippen LogP contribution in [0.2, 0.25) is 10.0 Å². The second kappa shape index (κ2) is 10.4. The number of rotatable bonds is 8. The summed E-state index contributed by atoms with van der Waals surface area (Å²) in [6, 6.07) is 13.1. The van der Waals surface area contributed by atoms with E-state index in [1.807, 2.05) is 36.4 Å². The lowest BCUT2D eigenvalue weighted by atomic mass is 9.89. The van der Waals surface area contributed by atoms with E-state index >= 15 is 0 Å². The summed E-state index contributed by atoms with van der Waals surface area (Å²) in [5.74, 6) is 1.68. The Bertz CT molecular complexity index is 1340. The van der Waals surface area contributed by atoms with Crippen molar-refractivity contribution >= 4 is 34.2 Å². The Kier molecular flexibility index (Phi) is 7.23. The van der Waals surface area contributed by atoms with Crippen LogP contribution in [0, 0.1) is 0 Å². The van der Waals surface area contributed by atoms with Crippen LogP contribution in [0.1, 0.15) is 37.1 Å². The van der Waals surface area contributed by atoms with Gasteiger partial charge in [0, 0.05) is 12.6 Å². The predicted molar refractivity (Wildman–Crippen MR) is 136 cm³/mol. The Labute approximate surface area is 218 Å². The number of likely N-dealkylation sites (tertiary alicyclic amines) is 1. The summed E-state index contributed by atoms with van der Waals surface area (Å²) in [6.45, 7) is 3.81. The number of β-amino-alcohol motifs (C(OH)–C–C–N with tert-alkyl or cyclic N) is 1. The zero-order valence-electron chi connectivity index (χ0n) is 19.8. The van der Waals surface area contributed by atoms with Crippen molar-refractivity contribution in [3.05, 3.63) is 64.0 Å². The van der Waals surface area contributed by atoms with Gasteiger partial charge in [0.15, 0.2) is 5.76 Å². The average molecular weight is 532 g/mol. The molecule has 0 radical (unpaired) electrons. The van der Waals surface area contributed by atoms with Crippen LogP contribution < -0.4 is 4.74 Å². The van der Waals surface area contributed by atoms with E-state index in [9.17, 15) is 5.11 Å². The summed E-state index contributed by atoms with van der Waals surface area (Å²) in [6.07, 6.45) is 1.97. The van der Waals surface area contributed by atoms with Gasteiger partial charge < -0.3 is 28.7 Å². The number of furan rings is 1. The maximum absolute atomic E-state index is 11.1. The van der Waals surface area contributed by atoms with E-state index < -0.39 is 5.60 Å². The number of aromatic nitrogens is 2. The van der Waals surface area contributed by atoms with Gasteiger partial charge in [-0.1, -0.05) is 35.3 Å². The third-order valence-electron chi connectivity index (χ3n) is 6.44. The number of hydrogen-bond donors (Lipinski definition) is 2. The summed E-state index contributed by atoms with van der Waals surface area (Å²) in [5.41, 5.74) is 0.753. The van der Waals surface area contributed by atoms with Gasteiger partial charge in [0.1, 0.15) is 30.1 Å². The lowest BCUT2D eigenvalue weighted by Gasteiger charge is -2.36. The molecule has 1 atom stereocenters. The van der Waals surface area contributed by atoms with Crippen LogP contribution in [0.15, 0.2) is 51.3 Å². The highest BCUT2D eigenvalue weighted by molar-refractivity contribution is 6.42. The van der Waals surface area contributed by atoms with E-state index in [0.29, 0.717) is 39.6 Å². The normalized spacial score (nSPS) is 16.9. The van der Waals surface area contributed by atoms with Gasteiger partial charge in [-0.25, -0.2) is 0 Å². The first-order valence-electron chi connectivity index (χ1n) is 11.8. The van der Waals surface area contributed by atoms with Gasteiger partial charge in [-0.15, -0.1) is 10.2 Å². The Balaban J connectivity index is 1.19. The SMILES string of the molecule is C[C@@](O)(COc1cccc2oc(-c3nnc(CO)o3)cc12)CN1CCC(c2ccc(Cl)c(Cl)c2)CC1. The Morgan fingerprint density at radius 1 is 1.08 bits per heavy atom. The first-order chi connectivity index (χ1) is 17.3. The first-order valence-corrected chi connectivity index (χ1v) is 12.6. The molecule has 0 saturated carbocycles. The van der Waals surface area contributed by atoms with Crippen molar-refractivity contribution in [2.24, 2.45) is 0 Å². The summed E-state index contributed by atoms with van der Waals surface area (Å²) >= 11 is 12.2. The molecule has 4 aromatic rings. The zero-order chi connectivity index (χ0) is 25.3. The van der Waals surface area contributed by atoms with Crippen LogP contribution in [0.3, 0.4) is 0 Å². The van der Waals surface area contributed by atoms with Crippen molar-refractivity contribution in [3.8, 4) is 17.4 Å². The second-order valence-electron chi connectivity index (χ2n) is 9.45. The zero-order valence-corrected chi connectivity index (χ0v) is 21.3. The van der Waals surface area contributed by atoms with Gasteiger partial charge in [0.2, 0.25) is 5.89 Å². The molecule has 5 rings (SSSR count). The van der Waals surface area contributed by atoms with Gasteiger partial charge in [0.05, 0.1) is 15.4 Å². The number of aliphatic hydroxyl groups is 2. The molecule has 1 aliphatic rings. The summed E-state index contributed by atoms with van der Waals surface area (Å²) < 4.78 is 17.2. The predicted octanol–water partition coefficient (Wildman–Crippen LogP) is 5.29. The monoisotopic (exact) mass is 531 g/mol. The molecule has 0 aliphatic carbocycles. The number of piperidine rings is 1. The molecule has 3 heterocycles. The van der Waals surface area contributed by atoms with Crippen LogP contribution in [-0.2, 0) is 6.61 Å². The topological polar surface area (TPSA) is 105 Å². The van der Waals surface area contributed by atoms with E-state index in [2.05, 4.69) is 15.1 Å². The molecule has 0 bridgehead atoms.